The van der Waals surface area contributed by atoms with Crippen molar-refractivity contribution >= 4 is 10.0 Å². The van der Waals surface area contributed by atoms with E-state index in [4.69, 9.17) is 5.73 Å². The highest BCUT2D eigenvalue weighted by atomic mass is 32.2. The number of nitrogens with two attached hydrogens (primary N) is 1. The van der Waals surface area contributed by atoms with Crippen LogP contribution in [-0.2, 0) is 16.6 Å². The Morgan fingerprint density at radius 2 is 2.11 bits per heavy atom. The van der Waals surface area contributed by atoms with Crippen molar-refractivity contribution in [1.29, 1.82) is 0 Å². The van der Waals surface area contributed by atoms with Crippen molar-refractivity contribution in [2.24, 2.45) is 5.73 Å². The largest absolute Gasteiger partial charge is 0.329 e. The summed E-state index contributed by atoms with van der Waals surface area (Å²) < 4.78 is 28.3. The van der Waals surface area contributed by atoms with E-state index in [1.807, 2.05) is 32.8 Å². The molecule has 0 aliphatic carbocycles. The molecule has 0 saturated carbocycles. The van der Waals surface area contributed by atoms with Gasteiger partial charge >= 0.3 is 0 Å². The van der Waals surface area contributed by atoms with Crippen LogP contribution < -0.4 is 10.5 Å². The molecule has 0 unspecified atom stereocenters. The Labute approximate surface area is 114 Å². The molecule has 7 nitrogen and oxygen atoms in total. The number of rotatable bonds is 7. The van der Waals surface area contributed by atoms with Gasteiger partial charge in [-0.3, -0.25) is 4.68 Å². The van der Waals surface area contributed by atoms with Crippen molar-refractivity contribution in [3.63, 3.8) is 0 Å². The molecule has 110 valence electrons. The number of hydrogen-bond donors (Lipinski definition) is 2. The van der Waals surface area contributed by atoms with E-state index in [9.17, 15) is 8.42 Å². The minimum atomic E-state index is -3.53. The zero-order valence-electron chi connectivity index (χ0n) is 11.9. The van der Waals surface area contributed by atoms with Gasteiger partial charge in [-0.1, -0.05) is 0 Å². The van der Waals surface area contributed by atoms with Gasteiger partial charge in [0.15, 0.2) is 0 Å². The first kappa shape index (κ1) is 16.1. The molecule has 3 N–H and O–H groups in total. The minimum Gasteiger partial charge on any atom is -0.329 e. The molecule has 0 spiro atoms. The van der Waals surface area contributed by atoms with E-state index in [1.54, 1.807) is 0 Å². The second kappa shape index (κ2) is 6.00. The summed E-state index contributed by atoms with van der Waals surface area (Å²) in [4.78, 5) is 2.13. The molecule has 0 amide bonds. The van der Waals surface area contributed by atoms with Crippen LogP contribution in [0.5, 0.6) is 0 Å². The Kier molecular flexibility index (Phi) is 5.08. The van der Waals surface area contributed by atoms with Crippen LogP contribution >= 0.6 is 0 Å². The van der Waals surface area contributed by atoms with Crippen molar-refractivity contribution < 1.29 is 8.42 Å². The van der Waals surface area contributed by atoms with E-state index in [0.717, 1.165) is 0 Å². The van der Waals surface area contributed by atoms with Crippen LogP contribution in [0.4, 0.5) is 0 Å². The molecule has 0 bridgehead atoms. The fourth-order valence-corrected chi connectivity index (χ4v) is 2.41. The fourth-order valence-electron chi connectivity index (χ4n) is 1.25. The third-order valence-corrected chi connectivity index (χ3v) is 4.54. The first-order valence-electron chi connectivity index (χ1n) is 6.08. The molecule has 0 aliphatic heterocycles. The average molecular weight is 289 g/mol. The number of hydrogen-bond acceptors (Lipinski definition) is 5. The van der Waals surface area contributed by atoms with Crippen LogP contribution in [0.2, 0.25) is 0 Å². The Balaban J connectivity index is 2.75. The summed E-state index contributed by atoms with van der Waals surface area (Å²) in [7, 11) is 0.295. The molecule has 0 atom stereocenters. The van der Waals surface area contributed by atoms with Crippen molar-refractivity contribution in [2.75, 3.05) is 27.2 Å². The van der Waals surface area contributed by atoms with E-state index in [2.05, 4.69) is 9.82 Å². The van der Waals surface area contributed by atoms with Gasteiger partial charge in [0, 0.05) is 24.8 Å². The predicted molar refractivity (Wildman–Crippen MR) is 74.2 cm³/mol. The number of aromatic nitrogens is 2. The van der Waals surface area contributed by atoms with Gasteiger partial charge in [0.25, 0.3) is 0 Å². The van der Waals surface area contributed by atoms with E-state index in [1.165, 1.54) is 17.1 Å². The van der Waals surface area contributed by atoms with Gasteiger partial charge in [0.2, 0.25) is 10.0 Å². The molecular weight excluding hydrogens is 266 g/mol. The second-order valence-corrected chi connectivity index (χ2v) is 7.03. The van der Waals surface area contributed by atoms with Crippen LogP contribution in [0.25, 0.3) is 0 Å². The molecule has 0 saturated heterocycles. The summed E-state index contributed by atoms with van der Waals surface area (Å²) in [5, 5.41) is 3.96. The second-order valence-electron chi connectivity index (χ2n) is 5.26. The first-order valence-corrected chi connectivity index (χ1v) is 7.57. The topological polar surface area (TPSA) is 93.2 Å². The third-order valence-electron chi connectivity index (χ3n) is 3.18. The average Bonchev–Trinajstić information content (AvgIpc) is 2.76. The maximum Gasteiger partial charge on any atom is 0.243 e. The van der Waals surface area contributed by atoms with E-state index in [-0.39, 0.29) is 10.4 Å². The quantitative estimate of drug-likeness (QED) is 0.703. The number of nitrogens with one attached hydrogen (secondary N) is 1. The number of sulfonamides is 1. The van der Waals surface area contributed by atoms with Crippen LogP contribution in [-0.4, -0.2) is 55.8 Å². The molecule has 1 aromatic rings. The van der Waals surface area contributed by atoms with Crippen molar-refractivity contribution in [2.45, 2.75) is 30.8 Å². The Bertz CT molecular complexity index is 507. The lowest BCUT2D eigenvalue weighted by atomic mass is 10.1. The van der Waals surface area contributed by atoms with Gasteiger partial charge < -0.3 is 10.6 Å². The molecular formula is C11H23N5O2S. The van der Waals surface area contributed by atoms with Crippen molar-refractivity contribution in [3.05, 3.63) is 12.4 Å². The van der Waals surface area contributed by atoms with Crippen LogP contribution in [0.3, 0.4) is 0 Å². The highest BCUT2D eigenvalue weighted by molar-refractivity contribution is 7.89. The monoisotopic (exact) mass is 289 g/mol. The highest BCUT2D eigenvalue weighted by Gasteiger charge is 2.24. The summed E-state index contributed by atoms with van der Waals surface area (Å²) >= 11 is 0. The lowest BCUT2D eigenvalue weighted by molar-refractivity contribution is 0.199. The fraction of sp³-hybridized carbons (Fsp3) is 0.727. The number of likely N-dealkylation sites (N-methyl/N-ethyl adjacent to an activating group) is 1. The van der Waals surface area contributed by atoms with Crippen LogP contribution in [0.1, 0.15) is 13.8 Å². The smallest absolute Gasteiger partial charge is 0.243 e. The Morgan fingerprint density at radius 3 is 2.63 bits per heavy atom. The molecule has 0 aliphatic rings. The normalized spacial score (nSPS) is 13.2. The van der Waals surface area contributed by atoms with E-state index < -0.39 is 10.0 Å². The molecule has 1 rings (SSSR count). The summed E-state index contributed by atoms with van der Waals surface area (Å²) in [6, 6.07) is 0. The van der Waals surface area contributed by atoms with E-state index >= 15 is 0 Å². The van der Waals surface area contributed by atoms with Gasteiger partial charge in [-0.2, -0.15) is 5.10 Å². The zero-order valence-corrected chi connectivity index (χ0v) is 12.7. The Hall–Kier alpha value is -0.960. The lowest BCUT2D eigenvalue weighted by Gasteiger charge is -2.32. The van der Waals surface area contributed by atoms with Gasteiger partial charge in [0.05, 0.1) is 12.7 Å². The Morgan fingerprint density at radius 1 is 1.47 bits per heavy atom. The van der Waals surface area contributed by atoms with Gasteiger partial charge in [0.1, 0.15) is 4.90 Å². The van der Waals surface area contributed by atoms with Crippen molar-refractivity contribution in [1.82, 2.24) is 19.4 Å². The predicted octanol–water partition coefficient (Wildman–Crippen LogP) is -0.540. The molecule has 1 heterocycles. The summed E-state index contributed by atoms with van der Waals surface area (Å²) in [6.45, 7) is 5.17. The maximum atomic E-state index is 12.1. The van der Waals surface area contributed by atoms with Gasteiger partial charge in [-0.25, -0.2) is 13.1 Å². The standard InChI is InChI=1S/C11H23N5O2S/c1-11(2,15(3)4)9-14-19(17,18)10-7-13-16(8-10)6-5-12/h7-8,14H,5-6,9,12H2,1-4H3. The van der Waals surface area contributed by atoms with Gasteiger partial charge in [-0.15, -0.1) is 0 Å². The first-order chi connectivity index (χ1) is 8.69. The molecule has 8 heteroatoms. The molecule has 1 aromatic heterocycles. The van der Waals surface area contributed by atoms with Crippen LogP contribution in [0, 0.1) is 0 Å². The summed E-state index contributed by atoms with van der Waals surface area (Å²) in [6.07, 6.45) is 2.82. The van der Waals surface area contributed by atoms with Crippen LogP contribution in [0.15, 0.2) is 17.3 Å². The highest BCUT2D eigenvalue weighted by Crippen LogP contribution is 2.11. The van der Waals surface area contributed by atoms with Crippen molar-refractivity contribution in [3.8, 4) is 0 Å². The third kappa shape index (κ3) is 4.27. The molecule has 19 heavy (non-hydrogen) atoms. The molecule has 0 aromatic carbocycles. The molecule has 0 radical (unpaired) electrons. The maximum absolute atomic E-state index is 12.1. The minimum absolute atomic E-state index is 0.163. The lowest BCUT2D eigenvalue weighted by Crippen LogP contribution is -2.48. The molecule has 0 fully saturated rings. The summed E-state index contributed by atoms with van der Waals surface area (Å²) in [5.74, 6) is 0. The van der Waals surface area contributed by atoms with E-state index in [0.29, 0.717) is 19.6 Å². The number of nitrogens with zero attached hydrogens (tertiary/aromatic N) is 3. The summed E-state index contributed by atoms with van der Waals surface area (Å²) in [5.41, 5.74) is 5.13. The van der Waals surface area contributed by atoms with Gasteiger partial charge in [-0.05, 0) is 27.9 Å². The zero-order chi connectivity index (χ0) is 14.7. The SMILES string of the molecule is CN(C)C(C)(C)CNS(=O)(=O)c1cnn(CCN)c1.